The quantitative estimate of drug-likeness (QED) is 0.822. The molecule has 6 heteroatoms. The number of benzene rings is 1. The summed E-state index contributed by atoms with van der Waals surface area (Å²) in [5, 5.41) is 11.3. The lowest BCUT2D eigenvalue weighted by atomic mass is 10.2. The van der Waals surface area contributed by atoms with Crippen LogP contribution < -0.4 is 5.32 Å². The van der Waals surface area contributed by atoms with Gasteiger partial charge in [0.05, 0.1) is 17.0 Å². The summed E-state index contributed by atoms with van der Waals surface area (Å²) in [7, 11) is 0. The lowest BCUT2D eigenvalue weighted by molar-refractivity contribution is -0.113. The maximum atomic E-state index is 11.7. The number of amides is 1. The van der Waals surface area contributed by atoms with Crippen LogP contribution in [0.2, 0.25) is 0 Å². The van der Waals surface area contributed by atoms with Crippen LogP contribution in [-0.4, -0.2) is 23.7 Å². The number of fused-ring (bicyclic) bond motifs is 1. The Balaban J connectivity index is 2.21. The van der Waals surface area contributed by atoms with E-state index in [1.807, 2.05) is 6.07 Å². The number of rotatable bonds is 2. The van der Waals surface area contributed by atoms with Crippen LogP contribution >= 0.6 is 11.8 Å². The van der Waals surface area contributed by atoms with Crippen LogP contribution in [0.1, 0.15) is 17.3 Å². The predicted octanol–water partition coefficient (Wildman–Crippen LogP) is 1.80. The molecule has 0 spiro atoms. The van der Waals surface area contributed by atoms with Gasteiger partial charge in [-0.05, 0) is 25.1 Å². The van der Waals surface area contributed by atoms with Crippen molar-refractivity contribution in [3.8, 4) is 6.07 Å². The van der Waals surface area contributed by atoms with Crippen LogP contribution in [0.3, 0.4) is 0 Å². The van der Waals surface area contributed by atoms with Gasteiger partial charge in [0.25, 0.3) is 0 Å². The van der Waals surface area contributed by atoms with E-state index in [0.717, 1.165) is 4.90 Å². The van der Waals surface area contributed by atoms with E-state index in [4.69, 9.17) is 10.00 Å². The van der Waals surface area contributed by atoms with Gasteiger partial charge in [-0.3, -0.25) is 4.79 Å². The van der Waals surface area contributed by atoms with Crippen molar-refractivity contribution in [1.82, 2.24) is 0 Å². The van der Waals surface area contributed by atoms with Crippen LogP contribution in [-0.2, 0) is 9.53 Å². The van der Waals surface area contributed by atoms with E-state index in [1.54, 1.807) is 18.2 Å². The highest BCUT2D eigenvalue weighted by Gasteiger charge is 2.18. The second-order valence-corrected chi connectivity index (χ2v) is 4.74. The molecule has 18 heavy (non-hydrogen) atoms. The van der Waals surface area contributed by atoms with Crippen molar-refractivity contribution in [2.75, 3.05) is 11.1 Å². The predicted molar refractivity (Wildman–Crippen MR) is 66.3 cm³/mol. The zero-order chi connectivity index (χ0) is 13.1. The molecular weight excluding hydrogens is 252 g/mol. The average Bonchev–Trinajstić information content (AvgIpc) is 2.37. The van der Waals surface area contributed by atoms with Crippen LogP contribution in [0.5, 0.6) is 0 Å². The fourth-order valence-electron chi connectivity index (χ4n) is 1.47. The summed E-state index contributed by atoms with van der Waals surface area (Å²) in [6.07, 6.45) is -0.794. The van der Waals surface area contributed by atoms with Gasteiger partial charge in [0.2, 0.25) is 5.91 Å². The molecule has 5 nitrogen and oxygen atoms in total. The fourth-order valence-corrected chi connectivity index (χ4v) is 2.25. The van der Waals surface area contributed by atoms with E-state index >= 15 is 0 Å². The molecule has 1 atom stereocenters. The van der Waals surface area contributed by atoms with Gasteiger partial charge in [0, 0.05) is 4.90 Å². The standard InChI is InChI=1S/C12H10N2O3S/c1-7(5-13)17-12(16)8-2-3-10-9(4-8)14-11(15)6-18-10/h2-4,7H,6H2,1H3,(H,14,15)/t7-/m0/s1. The number of carbonyl (C=O) groups excluding carboxylic acids is 2. The first-order valence-corrected chi connectivity index (χ1v) is 6.26. The molecule has 1 aliphatic rings. The molecule has 1 amide bonds. The Morgan fingerprint density at radius 2 is 2.39 bits per heavy atom. The molecule has 0 unspecified atom stereocenters. The van der Waals surface area contributed by atoms with E-state index < -0.39 is 12.1 Å². The van der Waals surface area contributed by atoms with Gasteiger partial charge in [-0.15, -0.1) is 11.8 Å². The molecule has 0 saturated carbocycles. The molecule has 92 valence electrons. The molecule has 0 bridgehead atoms. The minimum absolute atomic E-state index is 0.0941. The Kier molecular flexibility index (Phi) is 3.53. The van der Waals surface area contributed by atoms with E-state index in [-0.39, 0.29) is 5.91 Å². The molecule has 1 N–H and O–H groups in total. The van der Waals surface area contributed by atoms with Gasteiger partial charge in [0.1, 0.15) is 6.07 Å². The molecule has 0 aromatic heterocycles. The third kappa shape index (κ3) is 2.63. The number of hydrogen-bond donors (Lipinski definition) is 1. The molecule has 0 fully saturated rings. The number of carbonyl (C=O) groups is 2. The lowest BCUT2D eigenvalue weighted by Gasteiger charge is -2.16. The normalized spacial score (nSPS) is 15.0. The van der Waals surface area contributed by atoms with Crippen molar-refractivity contribution in [2.45, 2.75) is 17.9 Å². The molecule has 1 aliphatic heterocycles. The van der Waals surface area contributed by atoms with Crippen molar-refractivity contribution in [3.63, 3.8) is 0 Å². The number of anilines is 1. The summed E-state index contributed by atoms with van der Waals surface area (Å²) < 4.78 is 4.88. The zero-order valence-electron chi connectivity index (χ0n) is 9.60. The SMILES string of the molecule is C[C@@H](C#N)OC(=O)c1ccc2c(c1)NC(=O)CS2. The summed E-state index contributed by atoms with van der Waals surface area (Å²) >= 11 is 1.42. The first-order chi connectivity index (χ1) is 8.60. The van der Waals surface area contributed by atoms with E-state index in [2.05, 4.69) is 5.32 Å². The minimum Gasteiger partial charge on any atom is -0.444 e. The van der Waals surface area contributed by atoms with Crippen LogP contribution in [0.4, 0.5) is 5.69 Å². The van der Waals surface area contributed by atoms with Gasteiger partial charge >= 0.3 is 5.97 Å². The highest BCUT2D eigenvalue weighted by Crippen LogP contribution is 2.32. The largest absolute Gasteiger partial charge is 0.444 e. The van der Waals surface area contributed by atoms with Crippen molar-refractivity contribution in [1.29, 1.82) is 5.26 Å². The molecule has 1 heterocycles. The number of nitrogens with one attached hydrogen (secondary N) is 1. The highest BCUT2D eigenvalue weighted by molar-refractivity contribution is 8.00. The van der Waals surface area contributed by atoms with Crippen molar-refractivity contribution < 1.29 is 14.3 Å². The van der Waals surface area contributed by atoms with E-state index in [1.165, 1.54) is 18.7 Å². The van der Waals surface area contributed by atoms with E-state index in [0.29, 0.717) is 17.0 Å². The number of thioether (sulfide) groups is 1. The average molecular weight is 262 g/mol. The van der Waals surface area contributed by atoms with Crippen molar-refractivity contribution >= 4 is 29.3 Å². The molecule has 1 aromatic carbocycles. The second kappa shape index (κ2) is 5.10. The summed E-state index contributed by atoms with van der Waals surface area (Å²) in [6.45, 7) is 1.49. The van der Waals surface area contributed by atoms with Crippen LogP contribution in [0.25, 0.3) is 0 Å². The Labute approximate surface area is 108 Å². The third-order valence-electron chi connectivity index (χ3n) is 2.31. The lowest BCUT2D eigenvalue weighted by Crippen LogP contribution is -2.19. The monoisotopic (exact) mass is 262 g/mol. The fraction of sp³-hybridized carbons (Fsp3) is 0.250. The van der Waals surface area contributed by atoms with Gasteiger partial charge < -0.3 is 10.1 Å². The maximum Gasteiger partial charge on any atom is 0.339 e. The van der Waals surface area contributed by atoms with E-state index in [9.17, 15) is 9.59 Å². The molecule has 2 rings (SSSR count). The molecule has 0 saturated heterocycles. The number of nitrogens with zero attached hydrogens (tertiary/aromatic N) is 1. The van der Waals surface area contributed by atoms with Crippen molar-refractivity contribution in [3.05, 3.63) is 23.8 Å². The van der Waals surface area contributed by atoms with Crippen LogP contribution in [0.15, 0.2) is 23.1 Å². The molecular formula is C12H10N2O3S. The minimum atomic E-state index is -0.794. The first-order valence-electron chi connectivity index (χ1n) is 5.27. The summed E-state index contributed by atoms with van der Waals surface area (Å²) in [6, 6.07) is 6.76. The summed E-state index contributed by atoms with van der Waals surface area (Å²) in [5.74, 6) is -0.289. The highest BCUT2D eigenvalue weighted by atomic mass is 32.2. The first kappa shape index (κ1) is 12.5. The van der Waals surface area contributed by atoms with Crippen LogP contribution in [0, 0.1) is 11.3 Å². The Morgan fingerprint density at radius 3 is 3.11 bits per heavy atom. The summed E-state index contributed by atoms with van der Waals surface area (Å²) in [4.78, 5) is 23.8. The zero-order valence-corrected chi connectivity index (χ0v) is 10.4. The molecule has 1 aromatic rings. The molecule has 0 aliphatic carbocycles. The second-order valence-electron chi connectivity index (χ2n) is 3.72. The maximum absolute atomic E-state index is 11.7. The van der Waals surface area contributed by atoms with Gasteiger partial charge in [-0.2, -0.15) is 5.26 Å². The topological polar surface area (TPSA) is 79.2 Å². The summed E-state index contributed by atoms with van der Waals surface area (Å²) in [5.41, 5.74) is 0.925. The number of hydrogen-bond acceptors (Lipinski definition) is 5. The third-order valence-corrected chi connectivity index (χ3v) is 3.39. The van der Waals surface area contributed by atoms with Crippen molar-refractivity contribution in [2.24, 2.45) is 0 Å². The smallest absolute Gasteiger partial charge is 0.339 e. The Morgan fingerprint density at radius 1 is 1.61 bits per heavy atom. The number of esters is 1. The van der Waals surface area contributed by atoms with Gasteiger partial charge in [-0.25, -0.2) is 4.79 Å². The number of nitriles is 1. The molecule has 0 radical (unpaired) electrons. The van der Waals surface area contributed by atoms with Gasteiger partial charge in [-0.1, -0.05) is 0 Å². The Hall–Kier alpha value is -2.00. The van der Waals surface area contributed by atoms with Gasteiger partial charge in [0.15, 0.2) is 6.10 Å². The Bertz CT molecular complexity index is 551. The number of ether oxygens (including phenoxy) is 1.